The molecule has 32 heavy (non-hydrogen) atoms. The lowest BCUT2D eigenvalue weighted by atomic mass is 10.0. The van der Waals surface area contributed by atoms with E-state index in [0.29, 0.717) is 22.6 Å². The van der Waals surface area contributed by atoms with Crippen LogP contribution in [0, 0.1) is 0 Å². The minimum Gasteiger partial charge on any atom is -0.497 e. The third kappa shape index (κ3) is 4.01. The van der Waals surface area contributed by atoms with Crippen molar-refractivity contribution >= 4 is 27.5 Å². The van der Waals surface area contributed by atoms with Crippen molar-refractivity contribution in [1.82, 2.24) is 10.4 Å². The Labute approximate surface area is 184 Å². The molecule has 0 aliphatic carbocycles. The van der Waals surface area contributed by atoms with Crippen LogP contribution < -0.4 is 20.6 Å². The van der Waals surface area contributed by atoms with Crippen LogP contribution in [0.3, 0.4) is 0 Å². The topological polar surface area (TPSA) is 131 Å². The molecule has 164 valence electrons. The molecule has 10 heteroatoms. The number of fused-ring (bicyclic) bond motifs is 1. The first-order chi connectivity index (χ1) is 15.3. The molecule has 1 aliphatic heterocycles. The molecule has 0 fully saturated rings. The number of hydrogen-bond acceptors (Lipinski definition) is 6. The SMILES string of the molecule is COc1ccc(C2Nc3ccccc3C(=O)N2NC(=O)c2ccccc2S(N)(=O)=O)cc1. The number of amides is 2. The summed E-state index contributed by atoms with van der Waals surface area (Å²) in [5, 5.41) is 9.62. The number of para-hydroxylation sites is 1. The second kappa shape index (κ2) is 8.33. The van der Waals surface area contributed by atoms with E-state index in [1.807, 2.05) is 0 Å². The maximum absolute atomic E-state index is 13.3. The summed E-state index contributed by atoms with van der Waals surface area (Å²) in [6.07, 6.45) is -0.756. The zero-order valence-electron chi connectivity index (χ0n) is 17.0. The lowest BCUT2D eigenvalue weighted by Crippen LogP contribution is -2.53. The second-order valence-corrected chi connectivity index (χ2v) is 8.55. The Kier molecular flexibility index (Phi) is 5.56. The Bertz CT molecular complexity index is 1290. The number of anilines is 1. The van der Waals surface area contributed by atoms with Crippen LogP contribution in [-0.4, -0.2) is 32.4 Å². The van der Waals surface area contributed by atoms with Gasteiger partial charge in [-0.2, -0.15) is 0 Å². The number of rotatable bonds is 5. The van der Waals surface area contributed by atoms with Gasteiger partial charge in [-0.15, -0.1) is 0 Å². The molecule has 0 saturated carbocycles. The van der Waals surface area contributed by atoms with Gasteiger partial charge in [0.1, 0.15) is 11.9 Å². The average molecular weight is 452 g/mol. The van der Waals surface area contributed by atoms with Gasteiger partial charge in [0, 0.05) is 5.69 Å². The summed E-state index contributed by atoms with van der Waals surface area (Å²) in [4.78, 5) is 26.0. The molecule has 3 aromatic rings. The van der Waals surface area contributed by atoms with E-state index in [1.165, 1.54) is 24.3 Å². The number of hydrazine groups is 1. The fraction of sp³-hybridized carbons (Fsp3) is 0.0909. The van der Waals surface area contributed by atoms with E-state index in [-0.39, 0.29) is 10.5 Å². The number of nitrogens with one attached hydrogen (secondary N) is 2. The molecule has 1 unspecified atom stereocenters. The molecular formula is C22H20N4O5S. The van der Waals surface area contributed by atoms with Gasteiger partial charge < -0.3 is 10.1 Å². The van der Waals surface area contributed by atoms with E-state index in [1.54, 1.807) is 55.6 Å². The number of ether oxygens (including phenoxy) is 1. The third-order valence-electron chi connectivity index (χ3n) is 5.02. The van der Waals surface area contributed by atoms with Gasteiger partial charge in [0.25, 0.3) is 11.8 Å². The Morgan fingerprint density at radius 1 is 1.03 bits per heavy atom. The van der Waals surface area contributed by atoms with Crippen LogP contribution in [0.4, 0.5) is 5.69 Å². The molecular weight excluding hydrogens is 432 g/mol. The highest BCUT2D eigenvalue weighted by Gasteiger charge is 2.35. The van der Waals surface area contributed by atoms with Crippen LogP contribution in [0.2, 0.25) is 0 Å². The van der Waals surface area contributed by atoms with Gasteiger partial charge >= 0.3 is 0 Å². The third-order valence-corrected chi connectivity index (χ3v) is 5.99. The van der Waals surface area contributed by atoms with Crippen LogP contribution in [0.15, 0.2) is 77.7 Å². The lowest BCUT2D eigenvalue weighted by Gasteiger charge is -2.37. The van der Waals surface area contributed by atoms with Crippen molar-refractivity contribution in [2.75, 3.05) is 12.4 Å². The van der Waals surface area contributed by atoms with Crippen molar-refractivity contribution < 1.29 is 22.7 Å². The van der Waals surface area contributed by atoms with E-state index in [0.717, 1.165) is 5.01 Å². The first-order valence-corrected chi connectivity index (χ1v) is 11.1. The molecule has 2 amide bonds. The number of benzene rings is 3. The second-order valence-electron chi connectivity index (χ2n) is 7.02. The number of methoxy groups -OCH3 is 1. The molecule has 9 nitrogen and oxygen atoms in total. The van der Waals surface area contributed by atoms with Gasteiger partial charge in [-0.25, -0.2) is 18.6 Å². The van der Waals surface area contributed by atoms with Crippen molar-refractivity contribution in [3.63, 3.8) is 0 Å². The molecule has 4 rings (SSSR count). The summed E-state index contributed by atoms with van der Waals surface area (Å²) in [7, 11) is -2.60. The molecule has 0 spiro atoms. The summed E-state index contributed by atoms with van der Waals surface area (Å²) in [6.45, 7) is 0. The molecule has 0 bridgehead atoms. The molecule has 0 aromatic heterocycles. The summed E-state index contributed by atoms with van der Waals surface area (Å²) in [6, 6.07) is 19.4. The minimum absolute atomic E-state index is 0.171. The fourth-order valence-electron chi connectivity index (χ4n) is 3.46. The maximum atomic E-state index is 13.3. The van der Waals surface area contributed by atoms with Crippen LogP contribution in [0.25, 0.3) is 0 Å². The zero-order chi connectivity index (χ0) is 22.9. The molecule has 0 saturated heterocycles. The number of hydrogen-bond donors (Lipinski definition) is 3. The van der Waals surface area contributed by atoms with E-state index in [9.17, 15) is 18.0 Å². The van der Waals surface area contributed by atoms with Crippen LogP contribution in [0.1, 0.15) is 32.4 Å². The van der Waals surface area contributed by atoms with Gasteiger partial charge in [-0.3, -0.25) is 15.0 Å². The molecule has 0 radical (unpaired) electrons. The Hall–Kier alpha value is -3.89. The number of carbonyl (C=O) groups excluding carboxylic acids is 2. The van der Waals surface area contributed by atoms with Crippen LogP contribution in [0.5, 0.6) is 5.75 Å². The number of sulfonamides is 1. The van der Waals surface area contributed by atoms with E-state index in [4.69, 9.17) is 9.88 Å². The van der Waals surface area contributed by atoms with Crippen LogP contribution in [-0.2, 0) is 10.0 Å². The van der Waals surface area contributed by atoms with E-state index in [2.05, 4.69) is 10.7 Å². The molecule has 1 atom stereocenters. The number of primary sulfonamides is 1. The molecule has 1 aliphatic rings. The predicted octanol–water partition coefficient (Wildman–Crippen LogP) is 2.25. The minimum atomic E-state index is -4.15. The monoisotopic (exact) mass is 452 g/mol. The number of nitrogens with two attached hydrogens (primary N) is 1. The lowest BCUT2D eigenvalue weighted by molar-refractivity contribution is 0.0489. The van der Waals surface area contributed by atoms with Crippen molar-refractivity contribution in [2.24, 2.45) is 5.14 Å². The molecule has 3 aromatic carbocycles. The first-order valence-electron chi connectivity index (χ1n) is 9.55. The summed E-state index contributed by atoms with van der Waals surface area (Å²) >= 11 is 0. The normalized spacial score (nSPS) is 15.5. The summed E-state index contributed by atoms with van der Waals surface area (Å²) in [5.41, 5.74) is 4.01. The van der Waals surface area contributed by atoms with Crippen molar-refractivity contribution in [3.05, 3.63) is 89.5 Å². The Balaban J connectivity index is 1.74. The molecule has 1 heterocycles. The van der Waals surface area contributed by atoms with E-state index >= 15 is 0 Å². The Morgan fingerprint density at radius 2 is 1.69 bits per heavy atom. The van der Waals surface area contributed by atoms with E-state index < -0.39 is 28.0 Å². The highest BCUT2D eigenvalue weighted by atomic mass is 32.2. The van der Waals surface area contributed by atoms with Crippen molar-refractivity contribution in [2.45, 2.75) is 11.1 Å². The standard InChI is InChI=1S/C22H20N4O5S/c1-31-15-12-10-14(11-13-15)20-24-18-8-4-2-6-16(18)22(28)26(20)25-21(27)17-7-3-5-9-19(17)32(23,29)30/h2-13,20,24H,1H3,(H,25,27)(H2,23,29,30). The van der Waals surface area contributed by atoms with Gasteiger partial charge in [0.05, 0.1) is 23.1 Å². The van der Waals surface area contributed by atoms with Crippen molar-refractivity contribution in [3.8, 4) is 5.75 Å². The zero-order valence-corrected chi connectivity index (χ0v) is 17.8. The fourth-order valence-corrected chi connectivity index (χ4v) is 4.20. The predicted molar refractivity (Wildman–Crippen MR) is 117 cm³/mol. The molecule has 4 N–H and O–H groups in total. The van der Waals surface area contributed by atoms with Gasteiger partial charge in [0.15, 0.2) is 0 Å². The van der Waals surface area contributed by atoms with Gasteiger partial charge in [0.2, 0.25) is 10.0 Å². The Morgan fingerprint density at radius 3 is 2.38 bits per heavy atom. The maximum Gasteiger partial charge on any atom is 0.276 e. The van der Waals surface area contributed by atoms with Crippen LogP contribution >= 0.6 is 0 Å². The van der Waals surface area contributed by atoms with Gasteiger partial charge in [-0.1, -0.05) is 36.4 Å². The number of carbonyl (C=O) groups is 2. The van der Waals surface area contributed by atoms with Gasteiger partial charge in [-0.05, 0) is 42.0 Å². The summed E-state index contributed by atoms with van der Waals surface area (Å²) in [5.74, 6) is -0.613. The quantitative estimate of drug-likeness (QED) is 0.544. The van der Waals surface area contributed by atoms with Crippen molar-refractivity contribution in [1.29, 1.82) is 0 Å². The largest absolute Gasteiger partial charge is 0.497 e. The first kappa shape index (κ1) is 21.3. The highest BCUT2D eigenvalue weighted by molar-refractivity contribution is 7.89. The smallest absolute Gasteiger partial charge is 0.276 e. The average Bonchev–Trinajstić information content (AvgIpc) is 2.80. The summed E-state index contributed by atoms with van der Waals surface area (Å²) < 4.78 is 29.0. The highest BCUT2D eigenvalue weighted by Crippen LogP contribution is 2.32. The number of nitrogens with zero attached hydrogens (tertiary/aromatic N) is 1.